The van der Waals surface area contributed by atoms with Crippen LogP contribution in [0.25, 0.3) is 0 Å². The van der Waals surface area contributed by atoms with Gasteiger partial charge >= 0.3 is 11.9 Å². The van der Waals surface area contributed by atoms with Crippen molar-refractivity contribution in [1.29, 1.82) is 0 Å². The number of carbonyl (C=O) groups excluding carboxylic acids is 2. The topological polar surface area (TPSA) is 71.1 Å². The summed E-state index contributed by atoms with van der Waals surface area (Å²) in [6.45, 7) is 4.69. The molecule has 0 aromatic heterocycles. The van der Waals surface area contributed by atoms with E-state index in [1.165, 1.54) is 7.11 Å². The van der Waals surface area contributed by atoms with Crippen molar-refractivity contribution in [2.75, 3.05) is 20.3 Å². The number of ether oxygens (including phenoxy) is 4. The zero-order chi connectivity index (χ0) is 19.6. The first kappa shape index (κ1) is 21.1. The van der Waals surface area contributed by atoms with Gasteiger partial charge in [0.05, 0.1) is 32.3 Å². The van der Waals surface area contributed by atoms with Crippen LogP contribution in [0.3, 0.4) is 0 Å². The predicted molar refractivity (Wildman–Crippen MR) is 101 cm³/mol. The highest BCUT2D eigenvalue weighted by atomic mass is 16.5. The Bertz CT molecular complexity index is 619. The van der Waals surface area contributed by atoms with E-state index in [0.29, 0.717) is 30.3 Å². The molecule has 1 aromatic carbocycles. The fourth-order valence-corrected chi connectivity index (χ4v) is 3.17. The third-order valence-electron chi connectivity index (χ3n) is 4.72. The van der Waals surface area contributed by atoms with Crippen LogP contribution in [0.4, 0.5) is 0 Å². The molecule has 0 heterocycles. The second-order valence-electron chi connectivity index (χ2n) is 6.70. The largest absolute Gasteiger partial charge is 0.496 e. The first-order valence-corrected chi connectivity index (χ1v) is 9.77. The summed E-state index contributed by atoms with van der Waals surface area (Å²) in [6, 6.07) is 5.15. The lowest BCUT2D eigenvalue weighted by Crippen LogP contribution is -2.29. The van der Waals surface area contributed by atoms with Gasteiger partial charge in [-0.3, -0.25) is 4.79 Å². The molecule has 150 valence electrons. The molecule has 0 unspecified atom stereocenters. The minimum absolute atomic E-state index is 0.0281. The first-order valence-electron chi connectivity index (χ1n) is 9.77. The monoisotopic (exact) mass is 378 g/mol. The van der Waals surface area contributed by atoms with Crippen molar-refractivity contribution < 1.29 is 28.5 Å². The highest BCUT2D eigenvalue weighted by molar-refractivity contribution is 5.92. The molecule has 0 saturated heterocycles. The smallest absolute Gasteiger partial charge is 0.341 e. The Labute approximate surface area is 161 Å². The first-order chi connectivity index (χ1) is 13.1. The quantitative estimate of drug-likeness (QED) is 0.475. The Kier molecular flexibility index (Phi) is 8.43. The van der Waals surface area contributed by atoms with Crippen molar-refractivity contribution in [3.63, 3.8) is 0 Å². The average Bonchev–Trinajstić information content (AvgIpc) is 2.68. The van der Waals surface area contributed by atoms with Gasteiger partial charge in [-0.05, 0) is 51.2 Å². The zero-order valence-corrected chi connectivity index (χ0v) is 16.5. The summed E-state index contributed by atoms with van der Waals surface area (Å²) in [5.41, 5.74) is 0.395. The molecule has 0 N–H and O–H groups in total. The lowest BCUT2D eigenvalue weighted by atomic mass is 9.87. The summed E-state index contributed by atoms with van der Waals surface area (Å²) in [7, 11) is 1.52. The second kappa shape index (κ2) is 10.8. The van der Waals surface area contributed by atoms with Crippen LogP contribution >= 0.6 is 0 Å². The van der Waals surface area contributed by atoms with Crippen LogP contribution in [0.1, 0.15) is 62.7 Å². The van der Waals surface area contributed by atoms with Crippen LogP contribution < -0.4 is 9.47 Å². The van der Waals surface area contributed by atoms with Crippen LogP contribution in [-0.4, -0.2) is 38.4 Å². The molecular weight excluding hydrogens is 348 g/mol. The van der Waals surface area contributed by atoms with Gasteiger partial charge in [-0.15, -0.1) is 0 Å². The van der Waals surface area contributed by atoms with E-state index in [0.717, 1.165) is 38.5 Å². The van der Waals surface area contributed by atoms with Crippen molar-refractivity contribution in [3.05, 3.63) is 23.8 Å². The fraction of sp³-hybridized carbons (Fsp3) is 0.619. The van der Waals surface area contributed by atoms with Gasteiger partial charge in [-0.25, -0.2) is 4.79 Å². The molecule has 6 nitrogen and oxygen atoms in total. The summed E-state index contributed by atoms with van der Waals surface area (Å²) in [4.78, 5) is 24.0. The number of benzene rings is 1. The Hall–Kier alpha value is -2.24. The number of rotatable bonds is 9. The Morgan fingerprint density at radius 2 is 1.81 bits per heavy atom. The maximum absolute atomic E-state index is 12.2. The van der Waals surface area contributed by atoms with Gasteiger partial charge in [0.1, 0.15) is 17.1 Å². The van der Waals surface area contributed by atoms with Crippen LogP contribution in [0.2, 0.25) is 0 Å². The van der Waals surface area contributed by atoms with E-state index in [9.17, 15) is 9.59 Å². The number of carbonyl (C=O) groups is 2. The minimum Gasteiger partial charge on any atom is -0.496 e. The van der Waals surface area contributed by atoms with Gasteiger partial charge in [0.2, 0.25) is 0 Å². The highest BCUT2D eigenvalue weighted by Gasteiger charge is 2.28. The fourth-order valence-electron chi connectivity index (χ4n) is 3.17. The molecule has 0 radical (unpaired) electrons. The third-order valence-corrected chi connectivity index (χ3v) is 4.72. The zero-order valence-electron chi connectivity index (χ0n) is 16.5. The van der Waals surface area contributed by atoms with Gasteiger partial charge in [0, 0.05) is 6.07 Å². The third kappa shape index (κ3) is 6.15. The normalized spacial score (nSPS) is 19.2. The number of hydrogen-bond donors (Lipinski definition) is 0. The highest BCUT2D eigenvalue weighted by Crippen LogP contribution is 2.31. The van der Waals surface area contributed by atoms with E-state index in [1.807, 2.05) is 13.8 Å². The van der Waals surface area contributed by atoms with E-state index < -0.39 is 0 Å². The summed E-state index contributed by atoms with van der Waals surface area (Å²) in [5.74, 6) is 0.565. The van der Waals surface area contributed by atoms with Crippen LogP contribution in [-0.2, 0) is 14.3 Å². The lowest BCUT2D eigenvalue weighted by Gasteiger charge is -2.28. The maximum Gasteiger partial charge on any atom is 0.341 e. The summed E-state index contributed by atoms with van der Waals surface area (Å²) in [5, 5.41) is 0. The van der Waals surface area contributed by atoms with E-state index in [-0.39, 0.29) is 24.0 Å². The average molecular weight is 378 g/mol. The maximum atomic E-state index is 12.2. The molecule has 0 aliphatic heterocycles. The molecule has 1 fully saturated rings. The molecule has 1 saturated carbocycles. The van der Waals surface area contributed by atoms with Gasteiger partial charge in [0.25, 0.3) is 0 Å². The Morgan fingerprint density at radius 3 is 2.44 bits per heavy atom. The second-order valence-corrected chi connectivity index (χ2v) is 6.70. The van der Waals surface area contributed by atoms with Crippen LogP contribution in [0.15, 0.2) is 18.2 Å². The molecule has 1 aromatic rings. The van der Waals surface area contributed by atoms with E-state index >= 15 is 0 Å². The van der Waals surface area contributed by atoms with E-state index in [1.54, 1.807) is 18.2 Å². The SMILES string of the molecule is CCCCOC(=O)c1ccc(O[C@H]2CC[C@@H](C(=O)OCC)CC2)cc1OC. The molecule has 27 heavy (non-hydrogen) atoms. The van der Waals surface area contributed by atoms with Gasteiger partial charge in [-0.1, -0.05) is 13.3 Å². The number of hydrogen-bond acceptors (Lipinski definition) is 6. The Morgan fingerprint density at radius 1 is 1.07 bits per heavy atom. The molecule has 2 rings (SSSR count). The van der Waals surface area contributed by atoms with Gasteiger partial charge < -0.3 is 18.9 Å². The van der Waals surface area contributed by atoms with Crippen molar-refractivity contribution in [2.45, 2.75) is 58.5 Å². The molecule has 6 heteroatoms. The minimum atomic E-state index is -0.387. The van der Waals surface area contributed by atoms with Crippen molar-refractivity contribution in [2.24, 2.45) is 5.92 Å². The van der Waals surface area contributed by atoms with Gasteiger partial charge in [-0.2, -0.15) is 0 Å². The van der Waals surface area contributed by atoms with E-state index in [4.69, 9.17) is 18.9 Å². The molecule has 1 aliphatic rings. The standard InChI is InChI=1S/C21H30O6/c1-4-6-13-26-21(23)18-12-11-17(14-19(18)24-3)27-16-9-7-15(8-10-16)20(22)25-5-2/h11-12,14-16H,4-10,13H2,1-3H3/t15-,16+. The molecule has 1 aliphatic carbocycles. The van der Waals surface area contributed by atoms with Crippen LogP contribution in [0.5, 0.6) is 11.5 Å². The number of unbranched alkanes of at least 4 members (excludes halogenated alkanes) is 1. The van der Waals surface area contributed by atoms with Gasteiger partial charge in [0.15, 0.2) is 0 Å². The van der Waals surface area contributed by atoms with Crippen molar-refractivity contribution in [1.82, 2.24) is 0 Å². The lowest BCUT2D eigenvalue weighted by molar-refractivity contribution is -0.149. The summed E-state index contributed by atoms with van der Waals surface area (Å²) < 4.78 is 21.7. The number of esters is 2. The molecule has 0 bridgehead atoms. The summed E-state index contributed by atoms with van der Waals surface area (Å²) in [6.07, 6.45) is 4.98. The Balaban J connectivity index is 1.92. The predicted octanol–water partition coefficient (Wildman–Crippen LogP) is 4.15. The van der Waals surface area contributed by atoms with E-state index in [2.05, 4.69) is 0 Å². The van der Waals surface area contributed by atoms with Crippen molar-refractivity contribution in [3.8, 4) is 11.5 Å². The summed E-state index contributed by atoms with van der Waals surface area (Å²) >= 11 is 0. The van der Waals surface area contributed by atoms with Crippen molar-refractivity contribution >= 4 is 11.9 Å². The number of methoxy groups -OCH3 is 1. The molecular formula is C21H30O6. The van der Waals surface area contributed by atoms with Crippen LogP contribution in [0, 0.1) is 5.92 Å². The molecule has 0 atom stereocenters. The molecule has 0 spiro atoms. The molecule has 0 amide bonds.